The maximum Gasteiger partial charge on any atom is 0.270 e. The number of likely N-dealkylation sites (N-methyl/N-ethyl adjacent to an activating group) is 1. The second kappa shape index (κ2) is 9.46. The molecule has 3 aromatic heterocycles. The molecule has 1 aliphatic rings. The average Bonchev–Trinajstić information content (AvgIpc) is 3.50. The third kappa shape index (κ3) is 4.82. The van der Waals surface area contributed by atoms with Crippen LogP contribution in [0.15, 0.2) is 35.5 Å². The summed E-state index contributed by atoms with van der Waals surface area (Å²) in [6.45, 7) is 4.42. The molecule has 2 amide bonds. The highest BCUT2D eigenvalue weighted by atomic mass is 16.3. The van der Waals surface area contributed by atoms with Crippen LogP contribution in [0.5, 0.6) is 5.88 Å². The van der Waals surface area contributed by atoms with Crippen molar-refractivity contribution >= 4 is 23.5 Å². The molecule has 0 bridgehead atoms. The molecule has 1 aliphatic carbocycles. The number of rotatable bonds is 8. The first-order valence-electron chi connectivity index (χ1n) is 11.1. The lowest BCUT2D eigenvalue weighted by atomic mass is 10.2. The largest absolute Gasteiger partial charge is 0.492 e. The minimum atomic E-state index is -0.614. The van der Waals surface area contributed by atoms with Crippen LogP contribution in [0.4, 0.5) is 0 Å². The molecule has 0 unspecified atom stereocenters. The van der Waals surface area contributed by atoms with Crippen LogP contribution in [0.1, 0.15) is 48.4 Å². The van der Waals surface area contributed by atoms with Gasteiger partial charge in [0.2, 0.25) is 11.8 Å². The predicted octanol–water partition coefficient (Wildman–Crippen LogP) is 1.21. The van der Waals surface area contributed by atoms with Gasteiger partial charge in [0.15, 0.2) is 5.56 Å². The van der Waals surface area contributed by atoms with Crippen molar-refractivity contribution in [1.82, 2.24) is 34.4 Å². The number of nitrogens with one attached hydrogen (secondary N) is 1. The Morgan fingerprint density at radius 2 is 2.00 bits per heavy atom. The van der Waals surface area contributed by atoms with E-state index in [1.165, 1.54) is 27.8 Å². The second-order valence-electron chi connectivity index (χ2n) is 8.78. The Morgan fingerprint density at radius 3 is 2.65 bits per heavy atom. The van der Waals surface area contributed by atoms with E-state index in [4.69, 9.17) is 0 Å². The van der Waals surface area contributed by atoms with E-state index in [1.807, 2.05) is 13.8 Å². The lowest BCUT2D eigenvalue weighted by Gasteiger charge is -2.15. The molecule has 0 atom stereocenters. The van der Waals surface area contributed by atoms with Crippen molar-refractivity contribution in [2.75, 3.05) is 7.05 Å². The van der Waals surface area contributed by atoms with Crippen LogP contribution in [0.3, 0.4) is 0 Å². The summed E-state index contributed by atoms with van der Waals surface area (Å²) in [5.41, 5.74) is -0.175. The zero-order valence-electron chi connectivity index (χ0n) is 19.3. The number of carbonyl (C=O) groups is 2. The zero-order valence-corrected chi connectivity index (χ0v) is 19.3. The standard InChI is InChI=1S/C23H27N7O4/c1-14(2)12-29-21-15(5-8-18(31)28(3)13-17-24-9-4-10-25-17)11-26-30(21)23(34)19(22(29)33)20(32)27-16-6-7-16/h4-5,8-11,14,16,34H,6-7,12-13H2,1-3H3,(H,27,32). The molecule has 34 heavy (non-hydrogen) atoms. The van der Waals surface area contributed by atoms with Crippen LogP contribution in [0.25, 0.3) is 11.7 Å². The minimum Gasteiger partial charge on any atom is -0.492 e. The fraction of sp³-hybridized carbons (Fsp3) is 0.391. The Bertz CT molecular complexity index is 1310. The number of aromatic hydroxyl groups is 1. The van der Waals surface area contributed by atoms with E-state index >= 15 is 0 Å². The quantitative estimate of drug-likeness (QED) is 0.478. The number of fused-ring (bicyclic) bond motifs is 1. The third-order valence-electron chi connectivity index (χ3n) is 5.38. The summed E-state index contributed by atoms with van der Waals surface area (Å²) in [5, 5.41) is 17.7. The SMILES string of the molecule is CC(C)Cn1c(=O)c(C(=O)NC2CC2)c(O)n2ncc(C=CC(=O)N(C)Cc3ncccn3)c12. The molecule has 11 nitrogen and oxygen atoms in total. The van der Waals surface area contributed by atoms with Crippen LogP contribution >= 0.6 is 0 Å². The lowest BCUT2D eigenvalue weighted by molar-refractivity contribution is -0.125. The smallest absolute Gasteiger partial charge is 0.270 e. The van der Waals surface area contributed by atoms with E-state index in [2.05, 4.69) is 20.4 Å². The number of hydrogen-bond acceptors (Lipinski definition) is 7. The van der Waals surface area contributed by atoms with Crippen LogP contribution in [-0.2, 0) is 17.9 Å². The molecule has 0 radical (unpaired) electrons. The van der Waals surface area contributed by atoms with Crippen LogP contribution in [-0.4, -0.2) is 59.1 Å². The van der Waals surface area contributed by atoms with Gasteiger partial charge in [-0.2, -0.15) is 9.61 Å². The lowest BCUT2D eigenvalue weighted by Crippen LogP contribution is -2.36. The molecule has 0 saturated heterocycles. The molecule has 1 saturated carbocycles. The topological polar surface area (TPSA) is 135 Å². The molecule has 3 aromatic rings. The van der Waals surface area contributed by atoms with Crippen molar-refractivity contribution in [2.45, 2.75) is 45.8 Å². The zero-order chi connectivity index (χ0) is 24.4. The first-order chi connectivity index (χ1) is 16.3. The summed E-state index contributed by atoms with van der Waals surface area (Å²) >= 11 is 0. The Hall–Kier alpha value is -4.02. The van der Waals surface area contributed by atoms with Gasteiger partial charge in [0.05, 0.1) is 12.7 Å². The summed E-state index contributed by atoms with van der Waals surface area (Å²) in [4.78, 5) is 48.2. The van der Waals surface area contributed by atoms with Gasteiger partial charge in [-0.05, 0) is 30.9 Å². The first-order valence-corrected chi connectivity index (χ1v) is 11.1. The van der Waals surface area contributed by atoms with Crippen molar-refractivity contribution in [3.05, 3.63) is 58.0 Å². The van der Waals surface area contributed by atoms with Crippen molar-refractivity contribution in [3.63, 3.8) is 0 Å². The number of carbonyl (C=O) groups excluding carboxylic acids is 2. The fourth-order valence-corrected chi connectivity index (χ4v) is 3.54. The van der Waals surface area contributed by atoms with E-state index < -0.39 is 17.3 Å². The van der Waals surface area contributed by atoms with Gasteiger partial charge in [-0.3, -0.25) is 19.0 Å². The highest BCUT2D eigenvalue weighted by molar-refractivity contribution is 5.97. The van der Waals surface area contributed by atoms with Gasteiger partial charge >= 0.3 is 0 Å². The molecule has 2 N–H and O–H groups in total. The number of aromatic nitrogens is 5. The Balaban J connectivity index is 1.68. The van der Waals surface area contributed by atoms with E-state index in [-0.39, 0.29) is 30.0 Å². The monoisotopic (exact) mass is 465 g/mol. The highest BCUT2D eigenvalue weighted by Crippen LogP contribution is 2.23. The van der Waals surface area contributed by atoms with Crippen LogP contribution in [0.2, 0.25) is 0 Å². The van der Waals surface area contributed by atoms with Gasteiger partial charge in [0.25, 0.3) is 11.5 Å². The van der Waals surface area contributed by atoms with Crippen LogP contribution < -0.4 is 10.9 Å². The maximum atomic E-state index is 13.3. The van der Waals surface area contributed by atoms with Gasteiger partial charge in [-0.1, -0.05) is 13.8 Å². The molecule has 3 heterocycles. The normalized spacial score (nSPS) is 13.6. The van der Waals surface area contributed by atoms with E-state index in [1.54, 1.807) is 25.5 Å². The molecule has 1 fully saturated rings. The van der Waals surface area contributed by atoms with Crippen molar-refractivity contribution in [3.8, 4) is 5.88 Å². The Kier molecular flexibility index (Phi) is 6.44. The molecular weight excluding hydrogens is 438 g/mol. The van der Waals surface area contributed by atoms with Gasteiger partial charge in [0.1, 0.15) is 11.5 Å². The molecule has 0 spiro atoms. The van der Waals surface area contributed by atoms with Crippen molar-refractivity contribution in [2.24, 2.45) is 5.92 Å². The third-order valence-corrected chi connectivity index (χ3v) is 5.38. The second-order valence-corrected chi connectivity index (χ2v) is 8.78. The number of amides is 2. The molecule has 178 valence electrons. The number of hydrogen-bond donors (Lipinski definition) is 2. The Labute approximate surface area is 195 Å². The summed E-state index contributed by atoms with van der Waals surface area (Å²) in [6, 6.07) is 1.73. The van der Waals surface area contributed by atoms with E-state index in [0.717, 1.165) is 17.4 Å². The van der Waals surface area contributed by atoms with Gasteiger partial charge in [-0.25, -0.2) is 9.97 Å². The molecule has 11 heteroatoms. The summed E-state index contributed by atoms with van der Waals surface area (Å²) in [7, 11) is 1.63. The van der Waals surface area contributed by atoms with E-state index in [9.17, 15) is 19.5 Å². The molecule has 0 aromatic carbocycles. The highest BCUT2D eigenvalue weighted by Gasteiger charge is 2.29. The average molecular weight is 466 g/mol. The summed E-state index contributed by atoms with van der Waals surface area (Å²) in [5.74, 6) is -0.847. The first kappa shape index (κ1) is 23.1. The van der Waals surface area contributed by atoms with Gasteiger partial charge < -0.3 is 15.3 Å². The van der Waals surface area contributed by atoms with Crippen molar-refractivity contribution in [1.29, 1.82) is 0 Å². The predicted molar refractivity (Wildman–Crippen MR) is 124 cm³/mol. The fourth-order valence-electron chi connectivity index (χ4n) is 3.54. The minimum absolute atomic E-state index is 0.0287. The van der Waals surface area contributed by atoms with Crippen LogP contribution in [0, 0.1) is 5.92 Å². The molecule has 0 aliphatic heterocycles. The Morgan fingerprint density at radius 1 is 1.29 bits per heavy atom. The molecular formula is C23H27N7O4. The summed E-state index contributed by atoms with van der Waals surface area (Å²) < 4.78 is 2.59. The maximum absolute atomic E-state index is 13.3. The summed E-state index contributed by atoms with van der Waals surface area (Å²) in [6.07, 6.45) is 9.25. The van der Waals surface area contributed by atoms with Gasteiger partial charge in [-0.15, -0.1) is 0 Å². The molecule has 4 rings (SSSR count). The van der Waals surface area contributed by atoms with Gasteiger partial charge in [0, 0.05) is 43.7 Å². The van der Waals surface area contributed by atoms with E-state index in [0.29, 0.717) is 23.6 Å². The van der Waals surface area contributed by atoms with Crippen molar-refractivity contribution < 1.29 is 14.7 Å². The number of nitrogens with zero attached hydrogens (tertiary/aromatic N) is 6.